The van der Waals surface area contributed by atoms with Crippen LogP contribution in [0.3, 0.4) is 0 Å². The van der Waals surface area contributed by atoms with E-state index in [0.717, 1.165) is 17.7 Å². The van der Waals surface area contributed by atoms with Crippen molar-refractivity contribution in [3.63, 3.8) is 0 Å². The van der Waals surface area contributed by atoms with Gasteiger partial charge in [-0.1, -0.05) is 58.3 Å². The van der Waals surface area contributed by atoms with Gasteiger partial charge in [0.1, 0.15) is 25.8 Å². The first-order valence-corrected chi connectivity index (χ1v) is 13.0. The standard InChI is InChI=1S/C21H41N2O7P/c1-5-6-7-8-9-10-11-12-13-14-20(24)22-19(17-28-21(22)25)18-30-31(26,27)29-16-15-23(2,3)4/h19H,5-18H2,1-4H3/p+1/t19-/m0/s1. The molecule has 1 aliphatic heterocycles. The molecule has 9 nitrogen and oxygen atoms in total. The number of rotatable bonds is 17. The van der Waals surface area contributed by atoms with Gasteiger partial charge in [-0.25, -0.2) is 14.3 Å². The number of hydrogen-bond donors (Lipinski definition) is 1. The van der Waals surface area contributed by atoms with Gasteiger partial charge in [0.05, 0.1) is 27.7 Å². The monoisotopic (exact) mass is 465 g/mol. The van der Waals surface area contributed by atoms with Gasteiger partial charge < -0.3 is 14.1 Å². The van der Waals surface area contributed by atoms with E-state index in [9.17, 15) is 19.0 Å². The number of unbranched alkanes of at least 4 members (excludes halogenated alkanes) is 8. The zero-order chi connectivity index (χ0) is 23.3. The van der Waals surface area contributed by atoms with Crippen LogP contribution in [0, 0.1) is 0 Å². The minimum Gasteiger partial charge on any atom is -0.447 e. The van der Waals surface area contributed by atoms with Gasteiger partial charge in [-0.2, -0.15) is 0 Å². The van der Waals surface area contributed by atoms with Crippen molar-refractivity contribution in [2.75, 3.05) is 47.5 Å². The molecule has 0 saturated carbocycles. The predicted octanol–water partition coefficient (Wildman–Crippen LogP) is 4.09. The highest BCUT2D eigenvalue weighted by Gasteiger charge is 2.39. The lowest BCUT2D eigenvalue weighted by Gasteiger charge is -2.24. The molecule has 0 aromatic heterocycles. The second kappa shape index (κ2) is 14.2. The minimum absolute atomic E-state index is 0.0542. The SMILES string of the molecule is CCCCCCCCCCCC(=O)N1C(=O)OC[C@H]1COP(=O)(O)OCC[N+](C)(C)C. The van der Waals surface area contributed by atoms with E-state index in [1.807, 2.05) is 21.1 Å². The molecule has 0 aliphatic carbocycles. The first-order valence-electron chi connectivity index (χ1n) is 11.5. The number of cyclic esters (lactones) is 1. The van der Waals surface area contributed by atoms with Crippen molar-refractivity contribution in [3.8, 4) is 0 Å². The summed E-state index contributed by atoms with van der Waals surface area (Å²) < 4.78 is 27.5. The normalized spacial score (nSPS) is 18.8. The maximum absolute atomic E-state index is 12.5. The van der Waals surface area contributed by atoms with Crippen molar-refractivity contribution >= 4 is 19.8 Å². The lowest BCUT2D eigenvalue weighted by Crippen LogP contribution is -2.41. The molecule has 0 radical (unpaired) electrons. The van der Waals surface area contributed by atoms with Crippen LogP contribution in [0.25, 0.3) is 0 Å². The van der Waals surface area contributed by atoms with Gasteiger partial charge in [-0.15, -0.1) is 0 Å². The van der Waals surface area contributed by atoms with Gasteiger partial charge >= 0.3 is 13.9 Å². The van der Waals surface area contributed by atoms with E-state index in [1.165, 1.54) is 38.5 Å². The molecule has 1 saturated heterocycles. The summed E-state index contributed by atoms with van der Waals surface area (Å²) in [5.74, 6) is -0.335. The van der Waals surface area contributed by atoms with Crippen LogP contribution in [0.4, 0.5) is 4.79 Å². The Morgan fingerprint density at radius 2 is 1.68 bits per heavy atom. The average Bonchev–Trinajstić information content (AvgIpc) is 3.04. The third-order valence-electron chi connectivity index (χ3n) is 5.17. The molecule has 31 heavy (non-hydrogen) atoms. The zero-order valence-electron chi connectivity index (χ0n) is 19.7. The van der Waals surface area contributed by atoms with E-state index in [4.69, 9.17) is 13.8 Å². The number of phosphoric ester groups is 1. The molecule has 1 fully saturated rings. The largest absolute Gasteiger partial charge is 0.472 e. The Morgan fingerprint density at radius 1 is 1.10 bits per heavy atom. The van der Waals surface area contributed by atoms with Crippen molar-refractivity contribution < 1.29 is 37.3 Å². The van der Waals surface area contributed by atoms with E-state index >= 15 is 0 Å². The summed E-state index contributed by atoms with van der Waals surface area (Å²) >= 11 is 0. The second-order valence-corrected chi connectivity index (χ2v) is 10.6. The first kappa shape index (κ1) is 28.0. The lowest BCUT2D eigenvalue weighted by molar-refractivity contribution is -0.870. The topological polar surface area (TPSA) is 102 Å². The van der Waals surface area contributed by atoms with E-state index in [-0.39, 0.29) is 32.1 Å². The summed E-state index contributed by atoms with van der Waals surface area (Å²) in [7, 11) is 1.54. The molecule has 1 aliphatic rings. The molecular formula is C21H42N2O7P+. The van der Waals surface area contributed by atoms with Crippen molar-refractivity contribution in [2.45, 2.75) is 77.2 Å². The number of quaternary nitrogens is 1. The van der Waals surface area contributed by atoms with Crippen molar-refractivity contribution in [3.05, 3.63) is 0 Å². The van der Waals surface area contributed by atoms with Gasteiger partial charge in [-0.05, 0) is 6.42 Å². The summed E-state index contributed by atoms with van der Waals surface area (Å²) in [6.45, 7) is 2.43. The summed E-state index contributed by atoms with van der Waals surface area (Å²) in [5.41, 5.74) is 0. The smallest absolute Gasteiger partial charge is 0.447 e. The fourth-order valence-electron chi connectivity index (χ4n) is 3.24. The van der Waals surface area contributed by atoms with Crippen LogP contribution in [0.5, 0.6) is 0 Å². The van der Waals surface area contributed by atoms with Crippen molar-refractivity contribution in [2.24, 2.45) is 0 Å². The maximum Gasteiger partial charge on any atom is 0.472 e. The van der Waals surface area contributed by atoms with Crippen LogP contribution in [-0.4, -0.2) is 79.8 Å². The molecule has 10 heteroatoms. The molecule has 2 atom stereocenters. The molecule has 1 N–H and O–H groups in total. The van der Waals surface area contributed by atoms with Crippen LogP contribution >= 0.6 is 7.82 Å². The van der Waals surface area contributed by atoms with E-state index < -0.39 is 20.0 Å². The average molecular weight is 466 g/mol. The third-order valence-corrected chi connectivity index (χ3v) is 6.15. The Hall–Kier alpha value is -0.990. The fraction of sp³-hybridized carbons (Fsp3) is 0.905. The lowest BCUT2D eigenvalue weighted by atomic mass is 10.1. The van der Waals surface area contributed by atoms with Crippen molar-refractivity contribution in [1.29, 1.82) is 0 Å². The van der Waals surface area contributed by atoms with Crippen molar-refractivity contribution in [1.82, 2.24) is 4.90 Å². The number of nitrogens with zero attached hydrogens (tertiary/aromatic N) is 2. The first-order chi connectivity index (χ1) is 14.6. The third kappa shape index (κ3) is 12.6. The molecule has 0 aromatic rings. The van der Waals surface area contributed by atoms with Crippen LogP contribution < -0.4 is 0 Å². The minimum atomic E-state index is -4.27. The van der Waals surface area contributed by atoms with Gasteiger partial charge in [-0.3, -0.25) is 13.8 Å². The fourth-order valence-corrected chi connectivity index (χ4v) is 3.99. The number of carbonyl (C=O) groups is 2. The maximum atomic E-state index is 12.5. The Kier molecular flexibility index (Phi) is 12.9. The number of ether oxygens (including phenoxy) is 1. The highest BCUT2D eigenvalue weighted by molar-refractivity contribution is 7.47. The molecule has 1 unspecified atom stereocenters. The Labute approximate surface area is 187 Å². The summed E-state index contributed by atoms with van der Waals surface area (Å²) in [5, 5.41) is 0. The molecule has 182 valence electrons. The van der Waals surface area contributed by atoms with Crippen LogP contribution in [0.1, 0.15) is 71.1 Å². The number of imide groups is 1. The highest BCUT2D eigenvalue weighted by Crippen LogP contribution is 2.43. The Bertz CT molecular complexity index is 595. The molecule has 0 aromatic carbocycles. The van der Waals surface area contributed by atoms with Crippen LogP contribution in [-0.2, 0) is 23.1 Å². The quantitative estimate of drug-likeness (QED) is 0.196. The summed E-state index contributed by atoms with van der Waals surface area (Å²) in [4.78, 5) is 35.3. The number of amides is 2. The number of phosphoric acid groups is 1. The molecule has 2 amide bonds. The van der Waals surface area contributed by atoms with E-state index in [0.29, 0.717) is 17.4 Å². The second-order valence-electron chi connectivity index (χ2n) is 9.18. The zero-order valence-corrected chi connectivity index (χ0v) is 20.6. The number of hydrogen-bond acceptors (Lipinski definition) is 6. The predicted molar refractivity (Wildman–Crippen MR) is 118 cm³/mol. The van der Waals surface area contributed by atoms with Gasteiger partial charge in [0.25, 0.3) is 0 Å². The molecular weight excluding hydrogens is 423 g/mol. The molecule has 1 heterocycles. The summed E-state index contributed by atoms with van der Waals surface area (Å²) in [6, 6.07) is -0.721. The molecule has 0 bridgehead atoms. The van der Waals surface area contributed by atoms with Gasteiger partial charge in [0, 0.05) is 6.42 Å². The molecule has 0 spiro atoms. The Balaban J connectivity index is 2.31. The van der Waals surface area contributed by atoms with Crippen LogP contribution in [0.15, 0.2) is 0 Å². The van der Waals surface area contributed by atoms with Gasteiger partial charge in [0.15, 0.2) is 0 Å². The highest BCUT2D eigenvalue weighted by atomic mass is 31.2. The summed E-state index contributed by atoms with van der Waals surface area (Å²) in [6.07, 6.45) is 9.72. The number of carbonyl (C=O) groups excluding carboxylic acids is 2. The molecule has 1 rings (SSSR count). The van der Waals surface area contributed by atoms with E-state index in [2.05, 4.69) is 6.92 Å². The Morgan fingerprint density at radius 3 is 2.26 bits per heavy atom. The van der Waals surface area contributed by atoms with Gasteiger partial charge in [0.2, 0.25) is 5.91 Å². The van der Waals surface area contributed by atoms with E-state index in [1.54, 1.807) is 0 Å². The van der Waals surface area contributed by atoms with Crippen LogP contribution in [0.2, 0.25) is 0 Å². The number of likely N-dealkylation sites (N-methyl/N-ethyl adjacent to an activating group) is 1.